The predicted molar refractivity (Wildman–Crippen MR) is 173 cm³/mol. The van der Waals surface area contributed by atoms with Crippen molar-refractivity contribution in [2.24, 2.45) is 11.8 Å². The van der Waals surface area contributed by atoms with E-state index in [-0.39, 0.29) is 24.2 Å². The number of hydrazine groups is 1. The molecule has 9 nitrogen and oxygen atoms in total. The normalized spacial score (nSPS) is 19.8. The van der Waals surface area contributed by atoms with Crippen LogP contribution in [0.2, 0.25) is 0 Å². The quantitative estimate of drug-likeness (QED) is 0.165. The van der Waals surface area contributed by atoms with Gasteiger partial charge in [0.25, 0.3) is 12.3 Å². The number of hydrogen-bond acceptors (Lipinski definition) is 9. The summed E-state index contributed by atoms with van der Waals surface area (Å²) in [4.78, 5) is 23.9. The second-order valence-electron chi connectivity index (χ2n) is 11.4. The highest BCUT2D eigenvalue weighted by Crippen LogP contribution is 2.33. The highest BCUT2D eigenvalue weighted by Gasteiger charge is 2.31. The van der Waals surface area contributed by atoms with Crippen LogP contribution in [0, 0.1) is 29.6 Å². The third-order valence-corrected chi connectivity index (χ3v) is 8.63. The Morgan fingerprint density at radius 2 is 1.95 bits per heavy atom. The number of nitrogens with two attached hydrogens (primary N) is 1. The number of likely N-dealkylation sites (N-methyl/N-ethyl adjacent to an activating group) is 2. The van der Waals surface area contributed by atoms with E-state index in [2.05, 4.69) is 70.1 Å². The van der Waals surface area contributed by atoms with Crippen molar-refractivity contribution in [3.05, 3.63) is 47.1 Å². The Balaban J connectivity index is 0.00000529. The summed E-state index contributed by atoms with van der Waals surface area (Å²) in [6.07, 6.45) is 3.94. The molecular weight excluding hydrogens is 584 g/mol. The van der Waals surface area contributed by atoms with E-state index in [4.69, 9.17) is 10.6 Å². The molecule has 0 spiro atoms. The highest BCUT2D eigenvalue weighted by atomic mass is 32.2. The topological polar surface area (TPSA) is 99.0 Å². The molecule has 2 unspecified atom stereocenters. The Kier molecular flexibility index (Phi) is 12.6. The summed E-state index contributed by atoms with van der Waals surface area (Å²) in [5, 5.41) is 2.53. The summed E-state index contributed by atoms with van der Waals surface area (Å²) in [7, 11) is 5.13. The number of nitrogens with one attached hydrogen (secondary N) is 2. The van der Waals surface area contributed by atoms with E-state index in [1.807, 2.05) is 0 Å². The minimum absolute atomic E-state index is 0. The summed E-state index contributed by atoms with van der Waals surface area (Å²) in [6, 6.07) is 0.480. The molecule has 3 heterocycles. The molecule has 0 radical (unpaired) electrons. The van der Waals surface area contributed by atoms with Gasteiger partial charge in [-0.1, -0.05) is 25.2 Å². The first-order valence-electron chi connectivity index (χ1n) is 14.3. The number of ether oxygens (including phenoxy) is 1. The number of hydrogen-bond donors (Lipinski definition) is 3. The van der Waals surface area contributed by atoms with Crippen LogP contribution in [0.15, 0.2) is 30.3 Å². The minimum Gasteiger partial charge on any atom is -0.495 e. The number of carbonyl (C=O) groups is 1. The lowest BCUT2D eigenvalue weighted by Crippen LogP contribution is -2.53. The SMILES string of the molecule is C.COC1=CN(C)C(C(F)F)C=C1c1cc(C#CC(C)(C)N2CCN(C)CC2)ncc1C(=O)NCSC(C#CC1CC1)NN. The van der Waals surface area contributed by atoms with Gasteiger partial charge in [-0.2, -0.15) is 0 Å². The van der Waals surface area contributed by atoms with Gasteiger partial charge in [-0.05, 0) is 51.8 Å². The van der Waals surface area contributed by atoms with Crippen LogP contribution in [0.1, 0.15) is 55.7 Å². The van der Waals surface area contributed by atoms with Crippen molar-refractivity contribution >= 4 is 23.2 Å². The zero-order valence-corrected chi connectivity index (χ0v) is 26.2. The lowest BCUT2D eigenvalue weighted by Gasteiger charge is -2.40. The van der Waals surface area contributed by atoms with E-state index >= 15 is 0 Å². The van der Waals surface area contributed by atoms with Gasteiger partial charge in [0.15, 0.2) is 0 Å². The fourth-order valence-corrected chi connectivity index (χ4v) is 5.40. The number of methoxy groups -OCH3 is 1. The van der Waals surface area contributed by atoms with Crippen molar-refractivity contribution in [2.45, 2.75) is 57.5 Å². The molecule has 1 aliphatic carbocycles. The Hall–Kier alpha value is -3.13. The average Bonchev–Trinajstić information content (AvgIpc) is 3.82. The van der Waals surface area contributed by atoms with Gasteiger partial charge in [0.05, 0.1) is 24.1 Å². The van der Waals surface area contributed by atoms with Crippen LogP contribution in [0.4, 0.5) is 8.78 Å². The first-order chi connectivity index (χ1) is 20.5. The number of aromatic nitrogens is 1. The summed E-state index contributed by atoms with van der Waals surface area (Å²) in [5.41, 5.74) is 3.68. The number of amides is 1. The fraction of sp³-hybridized carbons (Fsp3) is 0.562. The van der Waals surface area contributed by atoms with Crippen LogP contribution in [0.5, 0.6) is 0 Å². The first kappa shape index (κ1) is 35.4. The van der Waals surface area contributed by atoms with Gasteiger partial charge in [0.2, 0.25) is 0 Å². The van der Waals surface area contributed by atoms with Crippen molar-refractivity contribution in [1.82, 2.24) is 30.4 Å². The molecule has 1 aromatic heterocycles. The van der Waals surface area contributed by atoms with E-state index in [0.717, 1.165) is 39.0 Å². The van der Waals surface area contributed by atoms with Crippen molar-refractivity contribution in [1.29, 1.82) is 0 Å². The van der Waals surface area contributed by atoms with Crippen LogP contribution in [0.25, 0.3) is 5.57 Å². The van der Waals surface area contributed by atoms with Gasteiger partial charge >= 0.3 is 0 Å². The number of pyridine rings is 1. The minimum atomic E-state index is -2.65. The van der Waals surface area contributed by atoms with Gasteiger partial charge in [0, 0.05) is 62.7 Å². The van der Waals surface area contributed by atoms with Crippen molar-refractivity contribution in [3.8, 4) is 23.7 Å². The van der Waals surface area contributed by atoms with E-state index < -0.39 is 23.9 Å². The smallest absolute Gasteiger partial charge is 0.262 e. The molecule has 1 saturated heterocycles. The molecule has 0 bridgehead atoms. The number of allylic oxidation sites excluding steroid dienone is 1. The van der Waals surface area contributed by atoms with Crippen LogP contribution in [-0.2, 0) is 4.74 Å². The lowest BCUT2D eigenvalue weighted by atomic mass is 9.94. The molecule has 44 heavy (non-hydrogen) atoms. The molecule has 240 valence electrons. The molecule has 2 aliphatic heterocycles. The monoisotopic (exact) mass is 629 g/mol. The van der Waals surface area contributed by atoms with E-state index in [1.165, 1.54) is 42.2 Å². The number of thioether (sulfide) groups is 1. The van der Waals surface area contributed by atoms with E-state index in [9.17, 15) is 13.6 Å². The molecule has 2 atom stereocenters. The third kappa shape index (κ3) is 9.19. The molecular formula is C32H45F2N7O2S. The summed E-state index contributed by atoms with van der Waals surface area (Å²) in [5.74, 6) is 19.0. The molecule has 0 aromatic carbocycles. The maximum atomic E-state index is 14.0. The van der Waals surface area contributed by atoms with Gasteiger partial charge in [-0.15, -0.1) is 11.8 Å². The van der Waals surface area contributed by atoms with Crippen molar-refractivity contribution < 1.29 is 18.3 Å². The molecule has 4 rings (SSSR count). The van der Waals surface area contributed by atoms with Gasteiger partial charge < -0.3 is 19.9 Å². The number of rotatable bonds is 9. The summed E-state index contributed by atoms with van der Waals surface area (Å²) >= 11 is 1.34. The standard InChI is InChI=1S/C31H41F2N7O2S.CH4/c1-31(2,40-14-12-38(3)13-15-40)11-10-22-16-23(24-17-26(29(32)33)39(4)19-27(24)42-5)25(18-35-22)30(41)36-20-43-28(37-34)9-8-21-6-7-21;/h16-19,21,26,28-29,37H,6-7,12-15,20,34H2,1-5H3,(H,36,41);1H4. The number of piperazine rings is 1. The Bertz CT molecular complexity index is 1350. The number of halogens is 2. The molecule has 2 fully saturated rings. The average molecular weight is 630 g/mol. The fourth-order valence-electron chi connectivity index (χ4n) is 4.77. The summed E-state index contributed by atoms with van der Waals surface area (Å²) in [6.45, 7) is 7.87. The zero-order chi connectivity index (χ0) is 31.1. The van der Waals surface area contributed by atoms with Crippen molar-refractivity contribution in [3.63, 3.8) is 0 Å². The number of nitrogens with zero attached hydrogens (tertiary/aromatic N) is 4. The Morgan fingerprint density at radius 1 is 1.25 bits per heavy atom. The number of alkyl halides is 2. The zero-order valence-electron chi connectivity index (χ0n) is 25.4. The molecule has 1 amide bonds. The second kappa shape index (κ2) is 15.7. The Labute approximate surface area is 265 Å². The third-order valence-electron chi connectivity index (χ3n) is 7.73. The number of carbonyl (C=O) groups excluding carboxylic acids is 1. The first-order valence-corrected chi connectivity index (χ1v) is 15.4. The molecule has 3 aliphatic rings. The van der Waals surface area contributed by atoms with Gasteiger partial charge in [0.1, 0.15) is 22.9 Å². The largest absolute Gasteiger partial charge is 0.495 e. The Morgan fingerprint density at radius 3 is 2.57 bits per heavy atom. The second-order valence-corrected chi connectivity index (χ2v) is 12.5. The molecule has 1 saturated carbocycles. The van der Waals surface area contributed by atoms with Crippen LogP contribution in [0.3, 0.4) is 0 Å². The maximum Gasteiger partial charge on any atom is 0.262 e. The predicted octanol–water partition coefficient (Wildman–Crippen LogP) is 3.17. The highest BCUT2D eigenvalue weighted by molar-refractivity contribution is 8.00. The molecule has 4 N–H and O–H groups in total. The van der Waals surface area contributed by atoms with Gasteiger partial charge in [-0.25, -0.2) is 19.2 Å². The maximum absolute atomic E-state index is 14.0. The van der Waals surface area contributed by atoms with Crippen molar-refractivity contribution in [2.75, 3.05) is 53.3 Å². The lowest BCUT2D eigenvalue weighted by molar-refractivity contribution is 0.0780. The van der Waals surface area contributed by atoms with Crippen LogP contribution in [-0.4, -0.2) is 102 Å². The van der Waals surface area contributed by atoms with E-state index in [0.29, 0.717) is 28.5 Å². The molecule has 1 aromatic rings. The van der Waals surface area contributed by atoms with Crippen LogP contribution >= 0.6 is 11.8 Å². The molecule has 12 heteroatoms. The van der Waals surface area contributed by atoms with Gasteiger partial charge in [-0.3, -0.25) is 15.5 Å². The summed E-state index contributed by atoms with van der Waals surface area (Å²) < 4.78 is 33.5. The van der Waals surface area contributed by atoms with Crippen LogP contribution < -0.4 is 16.6 Å². The van der Waals surface area contributed by atoms with E-state index in [1.54, 1.807) is 13.1 Å².